The van der Waals surface area contributed by atoms with Gasteiger partial charge in [-0.1, -0.05) is 18.2 Å². The molecule has 2 fully saturated rings. The van der Waals surface area contributed by atoms with Crippen molar-refractivity contribution in [1.82, 2.24) is 14.7 Å². The molecule has 1 aromatic carbocycles. The maximum atomic E-state index is 12.6. The number of likely N-dealkylation sites (tertiary alicyclic amines) is 1. The number of para-hydroxylation sites is 1. The molecular formula is C21H31N3O3. The van der Waals surface area contributed by atoms with Crippen LogP contribution in [0.3, 0.4) is 0 Å². The molecule has 27 heavy (non-hydrogen) atoms. The fourth-order valence-corrected chi connectivity index (χ4v) is 3.82. The van der Waals surface area contributed by atoms with E-state index in [1.165, 1.54) is 0 Å². The number of rotatable bonds is 7. The van der Waals surface area contributed by atoms with Crippen molar-refractivity contribution in [3.63, 3.8) is 0 Å². The van der Waals surface area contributed by atoms with Crippen molar-refractivity contribution in [1.29, 1.82) is 0 Å². The molecular weight excluding hydrogens is 342 g/mol. The molecule has 0 radical (unpaired) electrons. The van der Waals surface area contributed by atoms with E-state index >= 15 is 0 Å². The van der Waals surface area contributed by atoms with E-state index in [1.807, 2.05) is 41.0 Å². The maximum absolute atomic E-state index is 12.6. The zero-order valence-electron chi connectivity index (χ0n) is 16.4. The molecule has 0 unspecified atom stereocenters. The summed E-state index contributed by atoms with van der Waals surface area (Å²) >= 11 is 0. The zero-order valence-corrected chi connectivity index (χ0v) is 16.4. The van der Waals surface area contributed by atoms with Crippen molar-refractivity contribution in [3.05, 3.63) is 29.8 Å². The zero-order chi connectivity index (χ0) is 19.1. The highest BCUT2D eigenvalue weighted by molar-refractivity contribution is 5.79. The van der Waals surface area contributed by atoms with Crippen LogP contribution in [0.4, 0.5) is 0 Å². The molecule has 1 aromatic rings. The molecule has 0 N–H and O–H groups in total. The van der Waals surface area contributed by atoms with Crippen molar-refractivity contribution in [2.75, 3.05) is 52.4 Å². The van der Waals surface area contributed by atoms with E-state index in [2.05, 4.69) is 4.90 Å². The molecule has 2 aliphatic heterocycles. The fourth-order valence-electron chi connectivity index (χ4n) is 3.82. The van der Waals surface area contributed by atoms with Gasteiger partial charge in [-0.15, -0.1) is 0 Å². The minimum Gasteiger partial charge on any atom is -0.494 e. The SMILES string of the molecule is CCOc1ccccc1CCC(=O)N1CCN(CC(=O)N2CCCC2)CC1. The van der Waals surface area contributed by atoms with Gasteiger partial charge in [0.1, 0.15) is 5.75 Å². The summed E-state index contributed by atoms with van der Waals surface area (Å²) in [6.07, 6.45) is 3.44. The molecule has 6 heteroatoms. The maximum Gasteiger partial charge on any atom is 0.236 e. The van der Waals surface area contributed by atoms with Crippen LogP contribution in [0, 0.1) is 0 Å². The van der Waals surface area contributed by atoms with Gasteiger partial charge in [0.2, 0.25) is 11.8 Å². The van der Waals surface area contributed by atoms with Crippen LogP contribution in [0.15, 0.2) is 24.3 Å². The monoisotopic (exact) mass is 373 g/mol. The van der Waals surface area contributed by atoms with E-state index in [9.17, 15) is 9.59 Å². The Hall–Kier alpha value is -2.08. The van der Waals surface area contributed by atoms with Gasteiger partial charge < -0.3 is 14.5 Å². The Morgan fingerprint density at radius 1 is 0.926 bits per heavy atom. The quantitative estimate of drug-likeness (QED) is 0.731. The predicted octanol–water partition coefficient (Wildman–Crippen LogP) is 1.78. The number of hydrogen-bond acceptors (Lipinski definition) is 4. The van der Waals surface area contributed by atoms with Crippen molar-refractivity contribution in [2.24, 2.45) is 0 Å². The van der Waals surface area contributed by atoms with Crippen LogP contribution >= 0.6 is 0 Å². The largest absolute Gasteiger partial charge is 0.494 e. The van der Waals surface area contributed by atoms with Gasteiger partial charge in [0.05, 0.1) is 13.2 Å². The van der Waals surface area contributed by atoms with E-state index in [0.29, 0.717) is 39.1 Å². The summed E-state index contributed by atoms with van der Waals surface area (Å²) in [6.45, 7) is 7.86. The number of aryl methyl sites for hydroxylation is 1. The van der Waals surface area contributed by atoms with Gasteiger partial charge in [-0.3, -0.25) is 14.5 Å². The first-order valence-electron chi connectivity index (χ1n) is 10.2. The first-order valence-corrected chi connectivity index (χ1v) is 10.2. The highest BCUT2D eigenvalue weighted by atomic mass is 16.5. The molecule has 2 saturated heterocycles. The minimum absolute atomic E-state index is 0.187. The number of amides is 2. The lowest BCUT2D eigenvalue weighted by Gasteiger charge is -2.35. The summed E-state index contributed by atoms with van der Waals surface area (Å²) in [4.78, 5) is 30.9. The molecule has 3 rings (SSSR count). The van der Waals surface area contributed by atoms with Gasteiger partial charge in [-0.05, 0) is 37.8 Å². The van der Waals surface area contributed by atoms with Crippen LogP contribution in [0.5, 0.6) is 5.75 Å². The second-order valence-electron chi connectivity index (χ2n) is 7.29. The molecule has 0 saturated carbocycles. The Morgan fingerprint density at radius 2 is 1.59 bits per heavy atom. The topological polar surface area (TPSA) is 53.1 Å². The van der Waals surface area contributed by atoms with Crippen molar-refractivity contribution < 1.29 is 14.3 Å². The number of ether oxygens (including phenoxy) is 1. The number of benzene rings is 1. The lowest BCUT2D eigenvalue weighted by molar-refractivity contribution is -0.134. The Labute approximate surface area is 162 Å². The normalized spacial score (nSPS) is 18.0. The average molecular weight is 373 g/mol. The van der Waals surface area contributed by atoms with E-state index in [4.69, 9.17) is 4.74 Å². The summed E-state index contributed by atoms with van der Waals surface area (Å²) in [7, 11) is 0. The number of piperazine rings is 1. The summed E-state index contributed by atoms with van der Waals surface area (Å²) in [5, 5.41) is 0. The molecule has 0 spiro atoms. The highest BCUT2D eigenvalue weighted by Gasteiger charge is 2.25. The summed E-state index contributed by atoms with van der Waals surface area (Å²) in [5.74, 6) is 1.30. The third-order valence-electron chi connectivity index (χ3n) is 5.42. The van der Waals surface area contributed by atoms with Crippen LogP contribution in [0.25, 0.3) is 0 Å². The summed E-state index contributed by atoms with van der Waals surface area (Å²) < 4.78 is 5.64. The van der Waals surface area contributed by atoms with Crippen LogP contribution in [-0.2, 0) is 16.0 Å². The number of nitrogens with zero attached hydrogens (tertiary/aromatic N) is 3. The lowest BCUT2D eigenvalue weighted by Crippen LogP contribution is -2.51. The van der Waals surface area contributed by atoms with E-state index in [1.54, 1.807) is 0 Å². The van der Waals surface area contributed by atoms with Gasteiger partial charge in [0.25, 0.3) is 0 Å². The molecule has 148 valence electrons. The van der Waals surface area contributed by atoms with Crippen LogP contribution in [0.2, 0.25) is 0 Å². The third kappa shape index (κ3) is 5.45. The number of carbonyl (C=O) groups is 2. The van der Waals surface area contributed by atoms with Crippen molar-refractivity contribution in [3.8, 4) is 5.75 Å². The lowest BCUT2D eigenvalue weighted by atomic mass is 10.1. The second-order valence-corrected chi connectivity index (χ2v) is 7.29. The average Bonchev–Trinajstić information content (AvgIpc) is 3.23. The van der Waals surface area contributed by atoms with Gasteiger partial charge in [-0.25, -0.2) is 0 Å². The predicted molar refractivity (Wildman–Crippen MR) is 105 cm³/mol. The van der Waals surface area contributed by atoms with Crippen LogP contribution in [-0.4, -0.2) is 78.9 Å². The second kappa shape index (κ2) is 9.74. The number of hydrogen-bond donors (Lipinski definition) is 0. The van der Waals surface area contributed by atoms with Gasteiger partial charge >= 0.3 is 0 Å². The first-order chi connectivity index (χ1) is 13.2. The summed E-state index contributed by atoms with van der Waals surface area (Å²) in [5.41, 5.74) is 1.09. The Morgan fingerprint density at radius 3 is 2.30 bits per heavy atom. The first kappa shape index (κ1) is 19.7. The number of carbonyl (C=O) groups excluding carboxylic acids is 2. The Bertz CT molecular complexity index is 635. The molecule has 2 aliphatic rings. The molecule has 0 aromatic heterocycles. The van der Waals surface area contributed by atoms with Crippen molar-refractivity contribution >= 4 is 11.8 Å². The standard InChI is InChI=1S/C21H31N3O3/c1-2-27-19-8-4-3-7-18(19)9-10-20(25)24-15-13-22(14-16-24)17-21(26)23-11-5-6-12-23/h3-4,7-8H,2,5-6,9-17H2,1H3. The van der Waals surface area contributed by atoms with Crippen molar-refractivity contribution in [2.45, 2.75) is 32.6 Å². The van der Waals surface area contributed by atoms with E-state index in [0.717, 1.165) is 50.3 Å². The Balaban J connectivity index is 1.41. The molecule has 6 nitrogen and oxygen atoms in total. The molecule has 0 bridgehead atoms. The highest BCUT2D eigenvalue weighted by Crippen LogP contribution is 2.20. The van der Waals surface area contributed by atoms with Gasteiger partial charge in [0.15, 0.2) is 0 Å². The molecule has 0 aliphatic carbocycles. The van der Waals surface area contributed by atoms with Crippen LogP contribution < -0.4 is 4.74 Å². The van der Waals surface area contributed by atoms with Gasteiger partial charge in [0, 0.05) is 45.7 Å². The summed E-state index contributed by atoms with van der Waals surface area (Å²) in [6, 6.07) is 7.93. The van der Waals surface area contributed by atoms with E-state index in [-0.39, 0.29) is 11.8 Å². The Kier molecular flexibility index (Phi) is 7.10. The molecule has 2 amide bonds. The molecule has 2 heterocycles. The minimum atomic E-state index is 0.187. The fraction of sp³-hybridized carbons (Fsp3) is 0.619. The smallest absolute Gasteiger partial charge is 0.236 e. The third-order valence-corrected chi connectivity index (χ3v) is 5.42. The van der Waals surface area contributed by atoms with Crippen LogP contribution in [0.1, 0.15) is 31.7 Å². The van der Waals surface area contributed by atoms with E-state index < -0.39 is 0 Å². The van der Waals surface area contributed by atoms with Gasteiger partial charge in [-0.2, -0.15) is 0 Å². The molecule has 0 atom stereocenters.